The van der Waals surface area contributed by atoms with Gasteiger partial charge < -0.3 is 15.5 Å². The molecule has 22 heavy (non-hydrogen) atoms. The zero-order chi connectivity index (χ0) is 16.3. The van der Waals surface area contributed by atoms with Crippen LogP contribution in [-0.4, -0.2) is 60.3 Å². The van der Waals surface area contributed by atoms with Gasteiger partial charge in [-0.05, 0) is 24.1 Å². The predicted molar refractivity (Wildman–Crippen MR) is 80.8 cm³/mol. The number of hydrogen-bond acceptors (Lipinski definition) is 5. The van der Waals surface area contributed by atoms with Crippen LogP contribution in [0.25, 0.3) is 0 Å². The van der Waals surface area contributed by atoms with Gasteiger partial charge in [0, 0.05) is 19.5 Å². The van der Waals surface area contributed by atoms with E-state index in [0.29, 0.717) is 13.0 Å². The number of β-amino-alcohol motifs (C(OH)–C–C–N with tert-alkyl or cyclic N) is 1. The van der Waals surface area contributed by atoms with Crippen LogP contribution in [0.4, 0.5) is 0 Å². The largest absolute Gasteiger partial charge is 0.508 e. The summed E-state index contributed by atoms with van der Waals surface area (Å²) in [5.74, 6) is -0.225. The summed E-state index contributed by atoms with van der Waals surface area (Å²) >= 11 is 0. The Morgan fingerprint density at radius 2 is 2.00 bits per heavy atom. The molecule has 1 fully saturated rings. The second-order valence-electron chi connectivity index (χ2n) is 5.45. The van der Waals surface area contributed by atoms with E-state index in [4.69, 9.17) is 0 Å². The number of aliphatic hydroxyl groups is 1. The van der Waals surface area contributed by atoms with Crippen molar-refractivity contribution in [2.24, 2.45) is 0 Å². The zero-order valence-corrected chi connectivity index (χ0v) is 13.1. The van der Waals surface area contributed by atoms with Crippen LogP contribution in [0, 0.1) is 0 Å². The van der Waals surface area contributed by atoms with Gasteiger partial charge in [0.1, 0.15) is 11.8 Å². The third-order valence-electron chi connectivity index (χ3n) is 3.61. The molecule has 1 aromatic carbocycles. The molecule has 1 heterocycles. The first-order chi connectivity index (χ1) is 10.3. The summed E-state index contributed by atoms with van der Waals surface area (Å²) in [5, 5.41) is 21.5. The summed E-state index contributed by atoms with van der Waals surface area (Å²) in [5.41, 5.74) is 0.949. The van der Waals surface area contributed by atoms with Crippen molar-refractivity contribution in [3.63, 3.8) is 0 Å². The maximum Gasteiger partial charge on any atom is 0.238 e. The lowest BCUT2D eigenvalue weighted by molar-refractivity contribution is -0.124. The second kappa shape index (κ2) is 6.64. The Morgan fingerprint density at radius 3 is 2.59 bits per heavy atom. The fraction of sp³-hybridized carbons (Fsp3) is 0.500. The molecule has 1 saturated heterocycles. The number of nitrogens with zero attached hydrogens (tertiary/aromatic N) is 1. The van der Waals surface area contributed by atoms with Crippen LogP contribution < -0.4 is 5.32 Å². The van der Waals surface area contributed by atoms with Crippen LogP contribution >= 0.6 is 0 Å². The third-order valence-corrected chi connectivity index (χ3v) is 4.87. The Morgan fingerprint density at radius 1 is 1.36 bits per heavy atom. The number of aliphatic hydroxyl groups excluding tert-OH is 1. The lowest BCUT2D eigenvalue weighted by Gasteiger charge is -2.20. The van der Waals surface area contributed by atoms with Crippen molar-refractivity contribution in [1.82, 2.24) is 9.62 Å². The monoisotopic (exact) mass is 328 g/mol. The number of benzene rings is 1. The molecule has 0 aromatic heterocycles. The van der Waals surface area contributed by atoms with E-state index in [9.17, 15) is 23.4 Å². The van der Waals surface area contributed by atoms with Crippen molar-refractivity contribution in [2.45, 2.75) is 25.0 Å². The van der Waals surface area contributed by atoms with Crippen molar-refractivity contribution in [2.75, 3.05) is 19.3 Å². The van der Waals surface area contributed by atoms with Crippen LogP contribution in [0.1, 0.15) is 12.0 Å². The molecule has 1 aromatic rings. The number of hydrogen-bond donors (Lipinski definition) is 3. The summed E-state index contributed by atoms with van der Waals surface area (Å²) in [6.45, 7) is 0.308. The highest BCUT2D eigenvalue weighted by atomic mass is 32.2. The van der Waals surface area contributed by atoms with Gasteiger partial charge >= 0.3 is 0 Å². The van der Waals surface area contributed by atoms with E-state index < -0.39 is 28.1 Å². The van der Waals surface area contributed by atoms with Gasteiger partial charge in [-0.15, -0.1) is 0 Å². The molecule has 1 aliphatic rings. The molecule has 1 amide bonds. The van der Waals surface area contributed by atoms with Crippen molar-refractivity contribution < 1.29 is 23.4 Å². The van der Waals surface area contributed by atoms with Crippen molar-refractivity contribution >= 4 is 15.9 Å². The highest BCUT2D eigenvalue weighted by Crippen LogP contribution is 2.21. The lowest BCUT2D eigenvalue weighted by atomic mass is 10.1. The van der Waals surface area contributed by atoms with Gasteiger partial charge in [0.2, 0.25) is 15.9 Å². The van der Waals surface area contributed by atoms with Gasteiger partial charge in [0.25, 0.3) is 0 Å². The van der Waals surface area contributed by atoms with Crippen molar-refractivity contribution in [1.29, 1.82) is 0 Å². The fourth-order valence-corrected chi connectivity index (χ4v) is 3.59. The normalized spacial score (nSPS) is 22.6. The highest BCUT2D eigenvalue weighted by molar-refractivity contribution is 7.88. The molecular formula is C14H20N2O5S. The van der Waals surface area contributed by atoms with E-state index in [1.54, 1.807) is 24.3 Å². The van der Waals surface area contributed by atoms with E-state index in [0.717, 1.165) is 16.1 Å². The second-order valence-corrected chi connectivity index (χ2v) is 7.38. The molecule has 0 aliphatic carbocycles. The van der Waals surface area contributed by atoms with Gasteiger partial charge in [0.15, 0.2) is 0 Å². The molecule has 0 saturated carbocycles. The number of rotatable bonds is 5. The number of nitrogens with one attached hydrogen (secondary N) is 1. The molecular weight excluding hydrogens is 308 g/mol. The van der Waals surface area contributed by atoms with E-state index in [1.807, 2.05) is 0 Å². The molecule has 8 heteroatoms. The first-order valence-corrected chi connectivity index (χ1v) is 8.82. The minimum atomic E-state index is -3.53. The van der Waals surface area contributed by atoms with Crippen LogP contribution in [-0.2, 0) is 21.2 Å². The highest BCUT2D eigenvalue weighted by Gasteiger charge is 2.40. The molecule has 7 nitrogen and oxygen atoms in total. The smallest absolute Gasteiger partial charge is 0.238 e. The van der Waals surface area contributed by atoms with E-state index in [1.165, 1.54) is 0 Å². The molecule has 122 valence electrons. The van der Waals surface area contributed by atoms with E-state index in [2.05, 4.69) is 5.32 Å². The Balaban J connectivity index is 1.90. The molecule has 0 bridgehead atoms. The number of carbonyl (C=O) groups is 1. The molecule has 1 unspecified atom stereocenters. The average Bonchev–Trinajstić information content (AvgIpc) is 2.83. The molecule has 2 atom stereocenters. The maximum atomic E-state index is 12.1. The fourth-order valence-electron chi connectivity index (χ4n) is 2.50. The molecule has 3 N–H and O–H groups in total. The van der Waals surface area contributed by atoms with Crippen LogP contribution in [0.15, 0.2) is 24.3 Å². The number of carbonyl (C=O) groups excluding carboxylic acids is 1. The quantitative estimate of drug-likeness (QED) is 0.672. The first kappa shape index (κ1) is 16.7. The average molecular weight is 328 g/mol. The Labute approximate surface area is 129 Å². The summed E-state index contributed by atoms with van der Waals surface area (Å²) in [4.78, 5) is 12.1. The molecule has 1 aliphatic heterocycles. The zero-order valence-electron chi connectivity index (χ0n) is 12.3. The predicted octanol–water partition coefficient (Wildman–Crippen LogP) is -0.554. The lowest BCUT2D eigenvalue weighted by Crippen LogP contribution is -2.45. The summed E-state index contributed by atoms with van der Waals surface area (Å²) in [6.07, 6.45) is 0.891. The van der Waals surface area contributed by atoms with Gasteiger partial charge in [-0.2, -0.15) is 4.31 Å². The number of sulfonamides is 1. The molecule has 0 radical (unpaired) electrons. The number of amides is 1. The van der Waals surface area contributed by atoms with Gasteiger partial charge in [-0.25, -0.2) is 8.42 Å². The third kappa shape index (κ3) is 4.19. The van der Waals surface area contributed by atoms with Crippen molar-refractivity contribution in [3.05, 3.63) is 29.8 Å². The van der Waals surface area contributed by atoms with Crippen molar-refractivity contribution in [3.8, 4) is 5.75 Å². The Bertz CT molecular complexity index is 629. The van der Waals surface area contributed by atoms with E-state index in [-0.39, 0.29) is 18.7 Å². The van der Waals surface area contributed by atoms with E-state index >= 15 is 0 Å². The van der Waals surface area contributed by atoms with Gasteiger partial charge in [-0.3, -0.25) is 4.79 Å². The molecule has 2 rings (SSSR count). The van der Waals surface area contributed by atoms with Crippen LogP contribution in [0.2, 0.25) is 0 Å². The first-order valence-electron chi connectivity index (χ1n) is 6.98. The topological polar surface area (TPSA) is 107 Å². The summed E-state index contributed by atoms with van der Waals surface area (Å²) < 4.78 is 24.3. The molecule has 0 spiro atoms. The Kier molecular flexibility index (Phi) is 5.05. The number of aromatic hydroxyl groups is 1. The van der Waals surface area contributed by atoms with Crippen LogP contribution in [0.5, 0.6) is 5.75 Å². The van der Waals surface area contributed by atoms with Gasteiger partial charge in [0.05, 0.1) is 12.4 Å². The number of phenolic OH excluding ortho intramolecular Hbond substituents is 1. The SMILES string of the molecule is CS(=O)(=O)N1CC(O)C[C@H]1C(=O)NCCc1ccc(O)cc1. The minimum absolute atomic E-state index is 0.0467. The Hall–Kier alpha value is -1.64. The van der Waals surface area contributed by atoms with Crippen LogP contribution in [0.3, 0.4) is 0 Å². The summed E-state index contributed by atoms with van der Waals surface area (Å²) in [6, 6.07) is 5.78. The minimum Gasteiger partial charge on any atom is -0.508 e. The maximum absolute atomic E-state index is 12.1. The van der Waals surface area contributed by atoms with Gasteiger partial charge in [-0.1, -0.05) is 12.1 Å². The summed E-state index contributed by atoms with van der Waals surface area (Å²) in [7, 11) is -3.53. The standard InChI is InChI=1S/C14H20N2O5S/c1-22(20,21)16-9-12(18)8-13(16)14(19)15-7-6-10-2-4-11(17)5-3-10/h2-5,12-13,17-18H,6-9H2,1H3,(H,15,19)/t12?,13-/m0/s1. The number of phenols is 1.